The maximum Gasteiger partial charge on any atom is 0.166 e. The highest BCUT2D eigenvalue weighted by molar-refractivity contribution is 5.97. The molecule has 0 unspecified atom stereocenters. The van der Waals surface area contributed by atoms with Gasteiger partial charge in [-0.3, -0.25) is 4.79 Å². The van der Waals surface area contributed by atoms with Gasteiger partial charge in [-0.15, -0.1) is 0 Å². The number of Topliss-reactive ketones (excluding diaryl/α,β-unsaturated/α-hetero) is 1. The van der Waals surface area contributed by atoms with E-state index in [-0.39, 0.29) is 18.3 Å². The minimum Gasteiger partial charge on any atom is -0.396 e. The minimum atomic E-state index is 0.0604. The predicted octanol–water partition coefficient (Wildman–Crippen LogP) is 2.49. The first-order valence-corrected chi connectivity index (χ1v) is 5.96. The molecular formula is C13H21NO2. The molecule has 1 N–H and O–H groups in total. The number of carbonyl (C=O) groups is 1. The molecule has 0 saturated heterocycles. The highest BCUT2D eigenvalue weighted by Gasteiger charge is 2.11. The van der Waals surface area contributed by atoms with Gasteiger partial charge in [-0.25, -0.2) is 0 Å². The Morgan fingerprint density at radius 3 is 2.75 bits per heavy atom. The molecule has 3 heteroatoms. The smallest absolute Gasteiger partial charge is 0.166 e. The Morgan fingerprint density at radius 2 is 2.12 bits per heavy atom. The molecule has 0 aliphatic carbocycles. The summed E-state index contributed by atoms with van der Waals surface area (Å²) in [7, 11) is 0. The van der Waals surface area contributed by atoms with Gasteiger partial charge < -0.3 is 9.67 Å². The first-order chi connectivity index (χ1) is 7.65. The Balaban J connectivity index is 2.42. The molecule has 1 aromatic rings. The number of carbonyl (C=O) groups excluding carboxylic acids is 1. The molecule has 0 atom stereocenters. The highest BCUT2D eigenvalue weighted by Crippen LogP contribution is 2.10. The van der Waals surface area contributed by atoms with E-state index in [1.165, 1.54) is 0 Å². The van der Waals surface area contributed by atoms with Gasteiger partial charge in [0.1, 0.15) is 0 Å². The number of nitrogens with zero attached hydrogens (tertiary/aromatic N) is 1. The van der Waals surface area contributed by atoms with Crippen molar-refractivity contribution in [2.45, 2.75) is 39.7 Å². The van der Waals surface area contributed by atoms with Crippen molar-refractivity contribution in [1.29, 1.82) is 0 Å². The number of unbranched alkanes of at least 4 members (excludes halogenated alkanes) is 2. The lowest BCUT2D eigenvalue weighted by molar-refractivity contribution is 0.0939. The van der Waals surface area contributed by atoms with Gasteiger partial charge in [0.2, 0.25) is 0 Å². The Hall–Kier alpha value is -1.09. The first-order valence-electron chi connectivity index (χ1n) is 5.96. The summed E-state index contributed by atoms with van der Waals surface area (Å²) in [5.41, 5.74) is 0.803. The van der Waals surface area contributed by atoms with Gasteiger partial charge in [0.05, 0.1) is 0 Å². The third-order valence-corrected chi connectivity index (χ3v) is 2.63. The molecule has 16 heavy (non-hydrogen) atoms. The molecule has 0 spiro atoms. The maximum atomic E-state index is 11.7. The average molecular weight is 223 g/mol. The molecule has 0 radical (unpaired) electrons. The lowest BCUT2D eigenvalue weighted by atomic mass is 10.0. The van der Waals surface area contributed by atoms with E-state index in [1.807, 2.05) is 36.9 Å². The zero-order valence-corrected chi connectivity index (χ0v) is 10.1. The standard InChI is InChI=1S/C13H21NO2/c1-11(2)13(16)12-6-8-14(10-12)7-4-3-5-9-15/h6,8,10-11,15H,3-5,7,9H2,1-2H3. The van der Waals surface area contributed by atoms with E-state index < -0.39 is 0 Å². The Labute approximate surface area is 97.1 Å². The van der Waals surface area contributed by atoms with Crippen LogP contribution in [-0.4, -0.2) is 22.1 Å². The summed E-state index contributed by atoms with van der Waals surface area (Å²) >= 11 is 0. The van der Waals surface area contributed by atoms with E-state index in [9.17, 15) is 4.79 Å². The monoisotopic (exact) mass is 223 g/mol. The van der Waals surface area contributed by atoms with Crippen LogP contribution in [0.25, 0.3) is 0 Å². The molecule has 0 aliphatic heterocycles. The van der Waals surface area contributed by atoms with Gasteiger partial charge >= 0.3 is 0 Å². The number of aromatic nitrogens is 1. The molecule has 1 rings (SSSR count). The highest BCUT2D eigenvalue weighted by atomic mass is 16.2. The number of rotatable bonds is 7. The molecule has 1 heterocycles. The van der Waals surface area contributed by atoms with Gasteiger partial charge in [-0.05, 0) is 25.3 Å². The second-order valence-corrected chi connectivity index (χ2v) is 4.44. The molecule has 0 saturated carbocycles. The number of hydrogen-bond acceptors (Lipinski definition) is 2. The van der Waals surface area contributed by atoms with Crippen LogP contribution in [0.15, 0.2) is 18.5 Å². The SMILES string of the molecule is CC(C)C(=O)c1ccn(CCCCCO)c1. The summed E-state index contributed by atoms with van der Waals surface area (Å²) in [6.07, 6.45) is 6.81. The predicted molar refractivity (Wildman–Crippen MR) is 64.5 cm³/mol. The summed E-state index contributed by atoms with van der Waals surface area (Å²) in [4.78, 5) is 11.7. The van der Waals surface area contributed by atoms with Crippen molar-refractivity contribution >= 4 is 5.78 Å². The molecule has 3 nitrogen and oxygen atoms in total. The summed E-state index contributed by atoms with van der Waals surface area (Å²) in [6, 6.07) is 1.88. The van der Waals surface area contributed by atoms with Crippen molar-refractivity contribution in [1.82, 2.24) is 4.57 Å². The van der Waals surface area contributed by atoms with Crippen molar-refractivity contribution in [3.05, 3.63) is 24.0 Å². The number of hydrogen-bond donors (Lipinski definition) is 1. The van der Waals surface area contributed by atoms with E-state index in [4.69, 9.17) is 5.11 Å². The zero-order valence-electron chi connectivity index (χ0n) is 10.1. The zero-order chi connectivity index (χ0) is 12.0. The summed E-state index contributed by atoms with van der Waals surface area (Å²) < 4.78 is 2.05. The van der Waals surface area contributed by atoms with Gasteiger partial charge in [0.25, 0.3) is 0 Å². The fourth-order valence-corrected chi connectivity index (χ4v) is 1.64. The van der Waals surface area contributed by atoms with Crippen LogP contribution in [-0.2, 0) is 6.54 Å². The molecule has 0 aromatic carbocycles. The van der Waals surface area contributed by atoms with E-state index in [0.29, 0.717) is 0 Å². The van der Waals surface area contributed by atoms with Crippen molar-refractivity contribution in [3.63, 3.8) is 0 Å². The normalized spacial score (nSPS) is 11.0. The van der Waals surface area contributed by atoms with Crippen molar-refractivity contribution in [2.24, 2.45) is 5.92 Å². The van der Waals surface area contributed by atoms with Crippen LogP contribution in [0.3, 0.4) is 0 Å². The molecular weight excluding hydrogens is 202 g/mol. The summed E-state index contributed by atoms with van der Waals surface area (Å²) in [5.74, 6) is 0.263. The number of aliphatic hydroxyl groups excluding tert-OH is 1. The van der Waals surface area contributed by atoms with E-state index in [0.717, 1.165) is 31.4 Å². The largest absolute Gasteiger partial charge is 0.396 e. The molecule has 0 aliphatic rings. The van der Waals surface area contributed by atoms with Gasteiger partial charge in [0, 0.05) is 37.0 Å². The minimum absolute atomic E-state index is 0.0604. The molecule has 0 bridgehead atoms. The van der Waals surface area contributed by atoms with Gasteiger partial charge in [0.15, 0.2) is 5.78 Å². The molecule has 1 aromatic heterocycles. The van der Waals surface area contributed by atoms with Gasteiger partial charge in [-0.1, -0.05) is 13.8 Å². The van der Waals surface area contributed by atoms with Crippen LogP contribution in [0.5, 0.6) is 0 Å². The molecule has 0 fully saturated rings. The average Bonchev–Trinajstić information content (AvgIpc) is 2.72. The lowest BCUT2D eigenvalue weighted by Gasteiger charge is -2.02. The molecule has 90 valence electrons. The van der Waals surface area contributed by atoms with Crippen LogP contribution >= 0.6 is 0 Å². The number of ketones is 1. The first kappa shape index (κ1) is 13.0. The second-order valence-electron chi connectivity index (χ2n) is 4.44. The lowest BCUT2D eigenvalue weighted by Crippen LogP contribution is -2.06. The van der Waals surface area contributed by atoms with E-state index in [1.54, 1.807) is 0 Å². The third-order valence-electron chi connectivity index (χ3n) is 2.63. The van der Waals surface area contributed by atoms with Crippen LogP contribution in [0.4, 0.5) is 0 Å². The number of aliphatic hydroxyl groups is 1. The Bertz CT molecular complexity index is 328. The van der Waals surface area contributed by atoms with Gasteiger partial charge in [-0.2, -0.15) is 0 Å². The third kappa shape index (κ3) is 3.81. The fraction of sp³-hybridized carbons (Fsp3) is 0.615. The molecule has 0 amide bonds. The Morgan fingerprint density at radius 1 is 1.38 bits per heavy atom. The maximum absolute atomic E-state index is 11.7. The van der Waals surface area contributed by atoms with Crippen molar-refractivity contribution < 1.29 is 9.90 Å². The quantitative estimate of drug-likeness (QED) is 0.570. The summed E-state index contributed by atoms with van der Waals surface area (Å²) in [6.45, 7) is 5.02. The summed E-state index contributed by atoms with van der Waals surface area (Å²) in [5, 5.41) is 8.65. The van der Waals surface area contributed by atoms with E-state index >= 15 is 0 Å². The Kier molecular flexibility index (Phi) is 5.26. The topological polar surface area (TPSA) is 42.2 Å². The van der Waals surface area contributed by atoms with Crippen molar-refractivity contribution in [2.75, 3.05) is 6.61 Å². The fourth-order valence-electron chi connectivity index (χ4n) is 1.64. The van der Waals surface area contributed by atoms with Crippen molar-refractivity contribution in [3.8, 4) is 0 Å². The second kappa shape index (κ2) is 6.48. The van der Waals surface area contributed by atoms with Crippen LogP contribution in [0.1, 0.15) is 43.5 Å². The van der Waals surface area contributed by atoms with Crippen LogP contribution in [0, 0.1) is 5.92 Å². The van der Waals surface area contributed by atoms with E-state index in [2.05, 4.69) is 0 Å². The number of aryl methyl sites for hydroxylation is 1. The van der Waals surface area contributed by atoms with Crippen LogP contribution in [0.2, 0.25) is 0 Å². The van der Waals surface area contributed by atoms with Crippen LogP contribution < -0.4 is 0 Å².